The van der Waals surface area contributed by atoms with E-state index < -0.39 is 0 Å². The monoisotopic (exact) mass is 216 g/mol. The maximum absolute atomic E-state index is 11.9. The highest BCUT2D eigenvalue weighted by molar-refractivity contribution is 6.01. The molecule has 1 amide bonds. The van der Waals surface area contributed by atoms with Crippen molar-refractivity contribution in [2.24, 2.45) is 0 Å². The van der Waals surface area contributed by atoms with Crippen LogP contribution in [0.3, 0.4) is 0 Å². The zero-order valence-corrected chi connectivity index (χ0v) is 9.35. The van der Waals surface area contributed by atoms with Crippen LogP contribution in [0.4, 0.5) is 5.69 Å². The molecule has 2 heterocycles. The molecule has 0 atom stereocenters. The van der Waals surface area contributed by atoms with Gasteiger partial charge in [-0.05, 0) is 37.6 Å². The Hall–Kier alpha value is -1.35. The number of fused-ring (bicyclic) bond motifs is 1. The van der Waals surface area contributed by atoms with E-state index in [0.717, 1.165) is 25.4 Å². The van der Waals surface area contributed by atoms with Crippen molar-refractivity contribution in [3.8, 4) is 0 Å². The second kappa shape index (κ2) is 3.91. The van der Waals surface area contributed by atoms with Gasteiger partial charge in [0.25, 0.3) is 0 Å². The molecule has 0 aliphatic carbocycles. The zero-order valence-electron chi connectivity index (χ0n) is 9.35. The Kier molecular flexibility index (Phi) is 2.40. The summed E-state index contributed by atoms with van der Waals surface area (Å²) in [5.41, 5.74) is 2.28. The number of carbonyl (C=O) groups is 1. The number of benzene rings is 1. The number of nitrogens with zero attached hydrogens (tertiary/aromatic N) is 2. The maximum atomic E-state index is 11.9. The van der Waals surface area contributed by atoms with Crippen molar-refractivity contribution in [3.63, 3.8) is 0 Å². The van der Waals surface area contributed by atoms with E-state index in [-0.39, 0.29) is 5.91 Å². The van der Waals surface area contributed by atoms with Crippen molar-refractivity contribution >= 4 is 11.6 Å². The van der Waals surface area contributed by atoms with Crippen molar-refractivity contribution in [2.75, 3.05) is 24.7 Å². The highest BCUT2D eigenvalue weighted by atomic mass is 16.2. The second-order valence-corrected chi connectivity index (χ2v) is 4.59. The van der Waals surface area contributed by atoms with Gasteiger partial charge >= 0.3 is 0 Å². The summed E-state index contributed by atoms with van der Waals surface area (Å²) < 4.78 is 0. The number of hydrogen-bond acceptors (Lipinski definition) is 2. The van der Waals surface area contributed by atoms with Gasteiger partial charge in [0.15, 0.2) is 0 Å². The Morgan fingerprint density at radius 2 is 1.88 bits per heavy atom. The number of hydrogen-bond donors (Lipinski definition) is 0. The summed E-state index contributed by atoms with van der Waals surface area (Å²) in [6, 6.07) is 8.12. The zero-order chi connectivity index (χ0) is 11.0. The lowest BCUT2D eigenvalue weighted by molar-refractivity contribution is -0.117. The van der Waals surface area contributed by atoms with Crippen molar-refractivity contribution in [2.45, 2.75) is 19.3 Å². The molecule has 1 saturated heterocycles. The highest BCUT2D eigenvalue weighted by Crippen LogP contribution is 2.28. The third-order valence-electron chi connectivity index (χ3n) is 3.47. The SMILES string of the molecule is O=C1Cc2ccccc2N1CN1CCCC1. The van der Waals surface area contributed by atoms with E-state index in [1.807, 2.05) is 17.0 Å². The van der Waals surface area contributed by atoms with Gasteiger partial charge < -0.3 is 0 Å². The minimum Gasteiger partial charge on any atom is -0.298 e. The van der Waals surface area contributed by atoms with Crippen molar-refractivity contribution in [1.29, 1.82) is 0 Å². The fourth-order valence-corrected chi connectivity index (χ4v) is 2.60. The van der Waals surface area contributed by atoms with Crippen molar-refractivity contribution < 1.29 is 4.79 Å². The van der Waals surface area contributed by atoms with Gasteiger partial charge in [0.2, 0.25) is 5.91 Å². The minimum absolute atomic E-state index is 0.244. The van der Waals surface area contributed by atoms with E-state index >= 15 is 0 Å². The summed E-state index contributed by atoms with van der Waals surface area (Å²) in [6.07, 6.45) is 3.11. The summed E-state index contributed by atoms with van der Waals surface area (Å²) in [4.78, 5) is 16.2. The molecule has 84 valence electrons. The van der Waals surface area contributed by atoms with Crippen LogP contribution in [0.15, 0.2) is 24.3 Å². The molecule has 0 N–H and O–H groups in total. The Labute approximate surface area is 95.7 Å². The fraction of sp³-hybridized carbons (Fsp3) is 0.462. The van der Waals surface area contributed by atoms with E-state index in [1.165, 1.54) is 18.4 Å². The first-order valence-electron chi connectivity index (χ1n) is 5.95. The molecule has 0 unspecified atom stereocenters. The topological polar surface area (TPSA) is 23.6 Å². The number of para-hydroxylation sites is 1. The number of likely N-dealkylation sites (tertiary alicyclic amines) is 1. The molecular formula is C13H16N2O. The standard InChI is InChI=1S/C13H16N2O/c16-13-9-11-5-1-2-6-12(11)15(13)10-14-7-3-4-8-14/h1-2,5-6H,3-4,7-10H2. The van der Waals surface area contributed by atoms with E-state index in [9.17, 15) is 4.79 Å². The Balaban J connectivity index is 1.81. The van der Waals surface area contributed by atoms with Crippen LogP contribution in [0.5, 0.6) is 0 Å². The molecular weight excluding hydrogens is 200 g/mol. The summed E-state index contributed by atoms with van der Waals surface area (Å²) in [5, 5.41) is 0. The second-order valence-electron chi connectivity index (χ2n) is 4.59. The summed E-state index contributed by atoms with van der Waals surface area (Å²) in [6.45, 7) is 3.04. The van der Waals surface area contributed by atoms with Gasteiger partial charge in [-0.1, -0.05) is 18.2 Å². The first-order valence-corrected chi connectivity index (χ1v) is 5.95. The van der Waals surface area contributed by atoms with Gasteiger partial charge in [-0.3, -0.25) is 14.6 Å². The lowest BCUT2D eigenvalue weighted by Crippen LogP contribution is -2.38. The van der Waals surface area contributed by atoms with Crippen molar-refractivity contribution in [3.05, 3.63) is 29.8 Å². The molecule has 1 fully saturated rings. The Morgan fingerprint density at radius 1 is 1.12 bits per heavy atom. The van der Waals surface area contributed by atoms with Gasteiger partial charge in [-0.15, -0.1) is 0 Å². The lowest BCUT2D eigenvalue weighted by Gasteiger charge is -2.24. The molecule has 3 rings (SSSR count). The predicted molar refractivity (Wildman–Crippen MR) is 63.3 cm³/mol. The van der Waals surface area contributed by atoms with E-state index in [2.05, 4.69) is 17.0 Å². The van der Waals surface area contributed by atoms with Crippen LogP contribution in [-0.4, -0.2) is 30.6 Å². The predicted octanol–water partition coefficient (Wildman–Crippen LogP) is 1.63. The average molecular weight is 216 g/mol. The molecule has 0 aromatic heterocycles. The van der Waals surface area contributed by atoms with Gasteiger partial charge in [-0.25, -0.2) is 0 Å². The molecule has 3 nitrogen and oxygen atoms in total. The van der Waals surface area contributed by atoms with Crippen LogP contribution in [0.1, 0.15) is 18.4 Å². The van der Waals surface area contributed by atoms with E-state index in [4.69, 9.17) is 0 Å². The van der Waals surface area contributed by atoms with Gasteiger partial charge in [0.05, 0.1) is 13.1 Å². The Morgan fingerprint density at radius 3 is 2.69 bits per heavy atom. The molecule has 0 saturated carbocycles. The van der Waals surface area contributed by atoms with Crippen LogP contribution < -0.4 is 4.90 Å². The van der Waals surface area contributed by atoms with Crippen LogP contribution in [0, 0.1) is 0 Å². The normalized spacial score (nSPS) is 20.5. The molecule has 0 radical (unpaired) electrons. The lowest BCUT2D eigenvalue weighted by atomic mass is 10.2. The van der Waals surface area contributed by atoms with Crippen molar-refractivity contribution in [1.82, 2.24) is 4.90 Å². The molecule has 2 aliphatic heterocycles. The first kappa shape index (κ1) is 9.85. The molecule has 1 aromatic rings. The van der Waals surface area contributed by atoms with E-state index in [0.29, 0.717) is 6.42 Å². The molecule has 0 bridgehead atoms. The maximum Gasteiger partial charge on any atom is 0.232 e. The van der Waals surface area contributed by atoms with E-state index in [1.54, 1.807) is 0 Å². The van der Waals surface area contributed by atoms with Crippen LogP contribution in [-0.2, 0) is 11.2 Å². The largest absolute Gasteiger partial charge is 0.298 e. The van der Waals surface area contributed by atoms with Crippen LogP contribution in [0.25, 0.3) is 0 Å². The molecule has 0 spiro atoms. The quantitative estimate of drug-likeness (QED) is 0.750. The summed E-state index contributed by atoms with van der Waals surface area (Å²) in [5.74, 6) is 0.244. The molecule has 2 aliphatic rings. The minimum atomic E-state index is 0.244. The number of rotatable bonds is 2. The first-order chi connectivity index (χ1) is 7.84. The third-order valence-corrected chi connectivity index (χ3v) is 3.47. The molecule has 1 aromatic carbocycles. The molecule has 3 heteroatoms. The van der Waals surface area contributed by atoms with Gasteiger partial charge in [0.1, 0.15) is 0 Å². The average Bonchev–Trinajstić information content (AvgIpc) is 2.89. The highest BCUT2D eigenvalue weighted by Gasteiger charge is 2.28. The van der Waals surface area contributed by atoms with Crippen LogP contribution >= 0.6 is 0 Å². The fourth-order valence-electron chi connectivity index (χ4n) is 2.60. The Bertz CT molecular complexity index is 410. The van der Waals surface area contributed by atoms with Gasteiger partial charge in [0, 0.05) is 5.69 Å². The molecule has 16 heavy (non-hydrogen) atoms. The summed E-state index contributed by atoms with van der Waals surface area (Å²) >= 11 is 0. The smallest absolute Gasteiger partial charge is 0.232 e. The van der Waals surface area contributed by atoms with Crippen LogP contribution in [0.2, 0.25) is 0 Å². The number of carbonyl (C=O) groups excluding carboxylic acids is 1. The number of anilines is 1. The van der Waals surface area contributed by atoms with Gasteiger partial charge in [-0.2, -0.15) is 0 Å². The number of amides is 1. The third kappa shape index (κ3) is 1.61. The summed E-state index contributed by atoms with van der Waals surface area (Å²) in [7, 11) is 0.